The van der Waals surface area contributed by atoms with Crippen LogP contribution in [-0.4, -0.2) is 83.0 Å². The smallest absolute Gasteiger partial charge is 0.247 e. The Bertz CT molecular complexity index is 1590. The molecule has 1 fully saturated rings. The second-order valence-electron chi connectivity index (χ2n) is 11.8. The summed E-state index contributed by atoms with van der Waals surface area (Å²) >= 11 is 0. The Balaban J connectivity index is 0.00000576. The number of fused-ring (bicyclic) bond motifs is 1. The molecule has 0 bridgehead atoms. The maximum atomic E-state index is 13.8. The number of halogens is 1. The van der Waals surface area contributed by atoms with Crippen LogP contribution < -0.4 is 30.7 Å². The summed E-state index contributed by atoms with van der Waals surface area (Å²) in [5.74, 6) is 2.72. The average Bonchev–Trinajstić information content (AvgIpc) is 3.52. The van der Waals surface area contributed by atoms with Crippen molar-refractivity contribution in [1.82, 2.24) is 30.5 Å². The Hall–Kier alpha value is -4.67. The largest absolute Gasteiger partial charge is 0.494 e. The van der Waals surface area contributed by atoms with Gasteiger partial charge in [0.05, 0.1) is 36.2 Å². The molecule has 0 aliphatic carbocycles. The van der Waals surface area contributed by atoms with E-state index in [2.05, 4.69) is 42.1 Å². The molecular weight excluding hydrogens is 612 g/mol. The standard InChI is InChI=1S/C32H40N8O5.ClH/c1-8-14-45-26-12-11-20(17-34-26)37-28-21-15-23(25(44-7)16-22(21)35-18-36-28)38-30(42)24-10-9-13-40(24)31(43)27(32(3,4)5)39-29(41)19(2)33-6;/h1,11-12,15-19,24,27,33H,9-10,13-14H2,2-7H3,(H,38,42)(H,39,41)(H,35,36,37);1H/t19-,24-,27+;/m0./s1. The van der Waals surface area contributed by atoms with Crippen LogP contribution in [0.5, 0.6) is 11.6 Å². The number of likely N-dealkylation sites (N-methyl/N-ethyl adjacent to an activating group) is 1. The quantitative estimate of drug-likeness (QED) is 0.226. The van der Waals surface area contributed by atoms with Crippen molar-refractivity contribution in [3.8, 4) is 24.0 Å². The first-order valence-electron chi connectivity index (χ1n) is 14.7. The van der Waals surface area contributed by atoms with Gasteiger partial charge in [-0.3, -0.25) is 14.4 Å². The number of rotatable bonds is 11. The SMILES string of the molecule is C#CCOc1ccc(Nc2ncnc3cc(OC)c(NC(=O)[C@@H]4CCCN4C(=O)[C@@H](NC(=O)[C@H](C)NC)C(C)(C)C)cc23)cn1.Cl. The summed E-state index contributed by atoms with van der Waals surface area (Å²) in [6.07, 6.45) is 9.38. The normalized spacial score (nSPS) is 15.6. The predicted molar refractivity (Wildman–Crippen MR) is 178 cm³/mol. The van der Waals surface area contributed by atoms with Crippen molar-refractivity contribution >= 4 is 58.2 Å². The zero-order valence-electron chi connectivity index (χ0n) is 26.8. The zero-order valence-corrected chi connectivity index (χ0v) is 27.7. The van der Waals surface area contributed by atoms with Gasteiger partial charge in [-0.05, 0) is 44.4 Å². The van der Waals surface area contributed by atoms with Crippen molar-refractivity contribution in [2.24, 2.45) is 5.41 Å². The van der Waals surface area contributed by atoms with Crippen molar-refractivity contribution in [2.75, 3.05) is 37.9 Å². The lowest BCUT2D eigenvalue weighted by molar-refractivity contribution is -0.143. The van der Waals surface area contributed by atoms with E-state index in [0.29, 0.717) is 59.1 Å². The lowest BCUT2D eigenvalue weighted by atomic mass is 9.85. The minimum atomic E-state index is -0.817. The van der Waals surface area contributed by atoms with Gasteiger partial charge in [0.1, 0.15) is 30.0 Å². The molecule has 246 valence electrons. The molecule has 3 atom stereocenters. The molecule has 1 aromatic carbocycles. The Kier molecular flexibility index (Phi) is 12.1. The van der Waals surface area contributed by atoms with Gasteiger partial charge in [0.25, 0.3) is 0 Å². The van der Waals surface area contributed by atoms with E-state index in [9.17, 15) is 14.4 Å². The minimum absolute atomic E-state index is 0. The van der Waals surface area contributed by atoms with Gasteiger partial charge in [-0.15, -0.1) is 18.8 Å². The number of pyridine rings is 1. The number of terminal acetylenes is 1. The molecule has 0 radical (unpaired) electrons. The van der Waals surface area contributed by atoms with E-state index in [1.54, 1.807) is 49.3 Å². The number of benzene rings is 1. The third-order valence-corrected chi connectivity index (χ3v) is 7.58. The highest BCUT2D eigenvalue weighted by molar-refractivity contribution is 6.03. The zero-order chi connectivity index (χ0) is 32.7. The Morgan fingerprint density at radius 1 is 1.17 bits per heavy atom. The second kappa shape index (κ2) is 15.6. The molecule has 1 saturated heterocycles. The molecule has 3 aromatic rings. The highest BCUT2D eigenvalue weighted by atomic mass is 35.5. The second-order valence-corrected chi connectivity index (χ2v) is 11.8. The highest BCUT2D eigenvalue weighted by Crippen LogP contribution is 2.34. The maximum Gasteiger partial charge on any atom is 0.247 e. The molecule has 46 heavy (non-hydrogen) atoms. The van der Waals surface area contributed by atoms with E-state index in [-0.39, 0.29) is 36.7 Å². The van der Waals surface area contributed by atoms with Gasteiger partial charge in [0.2, 0.25) is 23.6 Å². The van der Waals surface area contributed by atoms with Crippen LogP contribution in [0.1, 0.15) is 40.5 Å². The lowest BCUT2D eigenvalue weighted by Gasteiger charge is -2.36. The Labute approximate surface area is 275 Å². The third kappa shape index (κ3) is 8.32. The van der Waals surface area contributed by atoms with Gasteiger partial charge in [-0.1, -0.05) is 26.7 Å². The number of likely N-dealkylation sites (tertiary alicyclic amines) is 1. The number of amides is 3. The molecule has 2 aromatic heterocycles. The van der Waals surface area contributed by atoms with E-state index in [1.807, 2.05) is 20.8 Å². The molecular formula is C32H41ClN8O5. The molecule has 3 heterocycles. The summed E-state index contributed by atoms with van der Waals surface area (Å²) in [7, 11) is 3.18. The van der Waals surface area contributed by atoms with Gasteiger partial charge in [0, 0.05) is 24.1 Å². The minimum Gasteiger partial charge on any atom is -0.494 e. The van der Waals surface area contributed by atoms with Crippen LogP contribution in [0.4, 0.5) is 17.2 Å². The molecule has 1 aliphatic rings. The van der Waals surface area contributed by atoms with Crippen LogP contribution in [0.2, 0.25) is 0 Å². The predicted octanol–water partition coefficient (Wildman–Crippen LogP) is 3.28. The van der Waals surface area contributed by atoms with Crippen LogP contribution in [-0.2, 0) is 14.4 Å². The fraction of sp³-hybridized carbons (Fsp3) is 0.438. The molecule has 13 nitrogen and oxygen atoms in total. The summed E-state index contributed by atoms with van der Waals surface area (Å²) in [4.78, 5) is 54.8. The molecule has 1 aliphatic heterocycles. The average molecular weight is 653 g/mol. The fourth-order valence-corrected chi connectivity index (χ4v) is 4.97. The number of nitrogens with zero attached hydrogens (tertiary/aromatic N) is 4. The summed E-state index contributed by atoms with van der Waals surface area (Å²) < 4.78 is 10.9. The number of hydrogen-bond acceptors (Lipinski definition) is 10. The van der Waals surface area contributed by atoms with Crippen LogP contribution in [0.25, 0.3) is 10.9 Å². The highest BCUT2D eigenvalue weighted by Gasteiger charge is 2.42. The third-order valence-electron chi connectivity index (χ3n) is 7.58. The molecule has 14 heteroatoms. The molecule has 0 saturated carbocycles. The first kappa shape index (κ1) is 35.8. The van der Waals surface area contributed by atoms with Crippen molar-refractivity contribution in [3.63, 3.8) is 0 Å². The number of carbonyl (C=O) groups excluding carboxylic acids is 3. The van der Waals surface area contributed by atoms with Crippen molar-refractivity contribution in [2.45, 2.75) is 58.7 Å². The van der Waals surface area contributed by atoms with Gasteiger partial charge >= 0.3 is 0 Å². The van der Waals surface area contributed by atoms with E-state index < -0.39 is 23.5 Å². The van der Waals surface area contributed by atoms with E-state index in [1.165, 1.54) is 13.4 Å². The van der Waals surface area contributed by atoms with Crippen molar-refractivity contribution < 1.29 is 23.9 Å². The lowest BCUT2D eigenvalue weighted by Crippen LogP contribution is -2.59. The van der Waals surface area contributed by atoms with Crippen LogP contribution >= 0.6 is 12.4 Å². The van der Waals surface area contributed by atoms with Crippen LogP contribution in [0, 0.1) is 17.8 Å². The fourth-order valence-electron chi connectivity index (χ4n) is 4.97. The molecule has 3 amide bonds. The van der Waals surface area contributed by atoms with E-state index in [4.69, 9.17) is 15.9 Å². The number of anilines is 3. The molecule has 4 N–H and O–H groups in total. The van der Waals surface area contributed by atoms with Gasteiger partial charge < -0.3 is 35.6 Å². The number of methoxy groups -OCH3 is 1. The first-order chi connectivity index (χ1) is 21.5. The van der Waals surface area contributed by atoms with Crippen LogP contribution in [0.3, 0.4) is 0 Å². The van der Waals surface area contributed by atoms with E-state index in [0.717, 1.165) is 0 Å². The van der Waals surface area contributed by atoms with Crippen LogP contribution in [0.15, 0.2) is 36.8 Å². The van der Waals surface area contributed by atoms with Gasteiger partial charge in [0.15, 0.2) is 6.61 Å². The Morgan fingerprint density at radius 2 is 1.93 bits per heavy atom. The van der Waals surface area contributed by atoms with E-state index >= 15 is 0 Å². The summed E-state index contributed by atoms with van der Waals surface area (Å²) in [6.45, 7) is 7.89. The molecule has 0 unspecified atom stereocenters. The summed E-state index contributed by atoms with van der Waals surface area (Å²) in [5.41, 5.74) is 1.04. The summed E-state index contributed by atoms with van der Waals surface area (Å²) in [6, 6.07) is 4.87. The van der Waals surface area contributed by atoms with Gasteiger partial charge in [-0.2, -0.15) is 0 Å². The summed E-state index contributed by atoms with van der Waals surface area (Å²) in [5, 5.41) is 12.6. The number of nitrogens with one attached hydrogen (secondary N) is 4. The van der Waals surface area contributed by atoms with Crippen molar-refractivity contribution in [1.29, 1.82) is 0 Å². The van der Waals surface area contributed by atoms with Crippen molar-refractivity contribution in [3.05, 3.63) is 36.8 Å². The topological polar surface area (TPSA) is 160 Å². The monoisotopic (exact) mass is 652 g/mol. The number of hydrogen-bond donors (Lipinski definition) is 4. The molecule has 0 spiro atoms. The van der Waals surface area contributed by atoms with Gasteiger partial charge in [-0.25, -0.2) is 15.0 Å². The first-order valence-corrected chi connectivity index (χ1v) is 14.7. The number of carbonyl (C=O) groups is 3. The Morgan fingerprint density at radius 3 is 2.57 bits per heavy atom. The number of ether oxygens (including phenoxy) is 2. The molecule has 4 rings (SSSR count). The maximum absolute atomic E-state index is 13.8. The number of aromatic nitrogens is 3.